The number of ether oxygens (including phenoxy) is 1. The fourth-order valence-corrected chi connectivity index (χ4v) is 5.13. The molecule has 0 aliphatic carbocycles. The monoisotopic (exact) mass is 432 g/mol. The lowest BCUT2D eigenvalue weighted by Gasteiger charge is -2.36. The van der Waals surface area contributed by atoms with E-state index in [0.29, 0.717) is 24.3 Å². The highest BCUT2D eigenvalue weighted by Gasteiger charge is 2.40. The van der Waals surface area contributed by atoms with E-state index >= 15 is 0 Å². The molecule has 2 aromatic heterocycles. The Labute approximate surface area is 187 Å². The molecule has 1 aliphatic heterocycles. The minimum absolute atomic E-state index is 0.437. The SMILES string of the molecule is CCc1cccc2c3c([nH]c12)C(CC)(Cc1n[nH]c(=S)n1Cc1ccccc1)OCC3. The first-order chi connectivity index (χ1) is 15.1. The minimum Gasteiger partial charge on any atom is -0.368 e. The summed E-state index contributed by atoms with van der Waals surface area (Å²) < 4.78 is 9.27. The average Bonchev–Trinajstić information content (AvgIpc) is 3.36. The summed E-state index contributed by atoms with van der Waals surface area (Å²) in [6, 6.07) is 17.0. The van der Waals surface area contributed by atoms with E-state index in [-0.39, 0.29) is 0 Å². The highest BCUT2D eigenvalue weighted by molar-refractivity contribution is 7.71. The van der Waals surface area contributed by atoms with Crippen molar-refractivity contribution in [2.75, 3.05) is 6.61 Å². The molecule has 4 aromatic rings. The third-order valence-corrected chi connectivity index (χ3v) is 6.94. The summed E-state index contributed by atoms with van der Waals surface area (Å²) in [6.07, 6.45) is 3.47. The zero-order valence-electron chi connectivity index (χ0n) is 18.1. The molecule has 5 rings (SSSR count). The van der Waals surface area contributed by atoms with Gasteiger partial charge in [0.2, 0.25) is 0 Å². The Morgan fingerprint density at radius 2 is 1.97 bits per heavy atom. The molecule has 31 heavy (non-hydrogen) atoms. The average molecular weight is 433 g/mol. The summed E-state index contributed by atoms with van der Waals surface area (Å²) in [6.45, 7) is 5.82. The predicted octanol–water partition coefficient (Wildman–Crippen LogP) is 5.45. The van der Waals surface area contributed by atoms with Crippen molar-refractivity contribution in [2.24, 2.45) is 0 Å². The second-order valence-electron chi connectivity index (χ2n) is 8.31. The maximum Gasteiger partial charge on any atom is 0.195 e. The van der Waals surface area contributed by atoms with Crippen LogP contribution in [0.15, 0.2) is 48.5 Å². The molecule has 3 heterocycles. The zero-order valence-corrected chi connectivity index (χ0v) is 18.9. The summed E-state index contributed by atoms with van der Waals surface area (Å²) in [7, 11) is 0. The maximum absolute atomic E-state index is 6.53. The van der Waals surface area contributed by atoms with Gasteiger partial charge in [-0.25, -0.2) is 0 Å². The first kappa shape index (κ1) is 20.2. The lowest BCUT2D eigenvalue weighted by Crippen LogP contribution is -2.38. The Bertz CT molecular complexity index is 1270. The molecule has 2 N–H and O–H groups in total. The fraction of sp³-hybridized carbons (Fsp3) is 0.360. The number of aromatic nitrogens is 4. The lowest BCUT2D eigenvalue weighted by atomic mass is 9.86. The van der Waals surface area contributed by atoms with Crippen molar-refractivity contribution in [3.05, 3.63) is 81.5 Å². The largest absolute Gasteiger partial charge is 0.368 e. The molecule has 0 amide bonds. The van der Waals surface area contributed by atoms with Crippen molar-refractivity contribution >= 4 is 23.1 Å². The predicted molar refractivity (Wildman–Crippen MR) is 126 cm³/mol. The van der Waals surface area contributed by atoms with Crippen LogP contribution in [0.25, 0.3) is 10.9 Å². The summed E-state index contributed by atoms with van der Waals surface area (Å²) in [5.41, 5.74) is 5.97. The fourth-order valence-electron chi connectivity index (χ4n) is 4.91. The molecule has 1 atom stereocenters. The van der Waals surface area contributed by atoms with Gasteiger partial charge in [0.15, 0.2) is 4.77 Å². The number of para-hydroxylation sites is 1. The number of aryl methyl sites for hydroxylation is 1. The van der Waals surface area contributed by atoms with Gasteiger partial charge < -0.3 is 9.72 Å². The highest BCUT2D eigenvalue weighted by atomic mass is 32.1. The summed E-state index contributed by atoms with van der Waals surface area (Å²) in [5.74, 6) is 0.929. The van der Waals surface area contributed by atoms with Crippen LogP contribution in [-0.4, -0.2) is 26.4 Å². The Morgan fingerprint density at radius 3 is 2.74 bits per heavy atom. The molecule has 0 saturated carbocycles. The van der Waals surface area contributed by atoms with Crippen molar-refractivity contribution in [1.29, 1.82) is 0 Å². The van der Waals surface area contributed by atoms with Crippen molar-refractivity contribution < 1.29 is 4.74 Å². The lowest BCUT2D eigenvalue weighted by molar-refractivity contribution is -0.0674. The number of rotatable bonds is 6. The van der Waals surface area contributed by atoms with E-state index in [1.807, 2.05) is 6.07 Å². The van der Waals surface area contributed by atoms with Gasteiger partial charge in [0.05, 0.1) is 18.8 Å². The van der Waals surface area contributed by atoms with Crippen LogP contribution in [0.3, 0.4) is 0 Å². The van der Waals surface area contributed by atoms with Crippen LogP contribution in [0.4, 0.5) is 0 Å². The number of nitrogens with zero attached hydrogens (tertiary/aromatic N) is 2. The van der Waals surface area contributed by atoms with Gasteiger partial charge in [0.25, 0.3) is 0 Å². The van der Waals surface area contributed by atoms with Gasteiger partial charge in [-0.3, -0.25) is 9.67 Å². The van der Waals surface area contributed by atoms with Crippen LogP contribution in [0.1, 0.15) is 48.5 Å². The van der Waals surface area contributed by atoms with Gasteiger partial charge in [-0.15, -0.1) is 0 Å². The Balaban J connectivity index is 1.58. The summed E-state index contributed by atoms with van der Waals surface area (Å²) in [4.78, 5) is 3.78. The van der Waals surface area contributed by atoms with Gasteiger partial charge in [-0.2, -0.15) is 5.10 Å². The third-order valence-electron chi connectivity index (χ3n) is 6.63. The molecular formula is C25H28N4OS. The van der Waals surface area contributed by atoms with Crippen LogP contribution < -0.4 is 0 Å². The van der Waals surface area contributed by atoms with Crippen LogP contribution in [0, 0.1) is 4.77 Å². The number of nitrogens with one attached hydrogen (secondary N) is 2. The van der Waals surface area contributed by atoms with Gasteiger partial charge in [0, 0.05) is 17.3 Å². The smallest absolute Gasteiger partial charge is 0.195 e. The van der Waals surface area contributed by atoms with Gasteiger partial charge in [-0.1, -0.05) is 62.4 Å². The van der Waals surface area contributed by atoms with E-state index in [1.54, 1.807) is 0 Å². The molecule has 1 aliphatic rings. The Hall–Kier alpha value is -2.70. The Morgan fingerprint density at radius 1 is 1.13 bits per heavy atom. The molecule has 2 aromatic carbocycles. The number of hydrogen-bond acceptors (Lipinski definition) is 3. The first-order valence-corrected chi connectivity index (χ1v) is 11.5. The topological polar surface area (TPSA) is 58.6 Å². The molecule has 1 unspecified atom stereocenters. The van der Waals surface area contributed by atoms with Gasteiger partial charge >= 0.3 is 0 Å². The van der Waals surface area contributed by atoms with E-state index < -0.39 is 5.60 Å². The number of benzene rings is 2. The minimum atomic E-state index is -0.437. The molecule has 5 nitrogen and oxygen atoms in total. The van der Waals surface area contributed by atoms with E-state index in [2.05, 4.69) is 76.1 Å². The van der Waals surface area contributed by atoms with E-state index in [9.17, 15) is 0 Å². The van der Waals surface area contributed by atoms with Crippen molar-refractivity contribution in [1.82, 2.24) is 19.7 Å². The number of hydrogen-bond donors (Lipinski definition) is 2. The van der Waals surface area contributed by atoms with E-state index in [1.165, 1.54) is 33.3 Å². The molecule has 160 valence electrons. The quantitative estimate of drug-likeness (QED) is 0.398. The van der Waals surface area contributed by atoms with Crippen LogP contribution in [-0.2, 0) is 36.1 Å². The standard InChI is InChI=1S/C25H28N4OS/c1-3-18-11-8-12-19-20-13-14-30-25(4-2,23(20)26-22(18)19)15-21-27-28-24(31)29(21)16-17-9-6-5-7-10-17/h5-12,26H,3-4,13-16H2,1-2H3,(H,28,31). The first-order valence-electron chi connectivity index (χ1n) is 11.1. The number of fused-ring (bicyclic) bond motifs is 3. The van der Waals surface area contributed by atoms with E-state index in [0.717, 1.165) is 25.1 Å². The summed E-state index contributed by atoms with van der Waals surface area (Å²) >= 11 is 5.57. The second kappa shape index (κ2) is 8.09. The second-order valence-corrected chi connectivity index (χ2v) is 8.70. The Kier molecular flexibility index (Phi) is 5.28. The summed E-state index contributed by atoms with van der Waals surface area (Å²) in [5, 5.41) is 8.95. The third kappa shape index (κ3) is 3.44. The number of aromatic amines is 2. The zero-order chi connectivity index (χ0) is 21.4. The normalized spacial score (nSPS) is 18.4. The van der Waals surface area contributed by atoms with Crippen molar-refractivity contribution in [2.45, 2.75) is 51.7 Å². The van der Waals surface area contributed by atoms with Crippen LogP contribution in [0.2, 0.25) is 0 Å². The molecule has 6 heteroatoms. The molecule has 0 fully saturated rings. The highest BCUT2D eigenvalue weighted by Crippen LogP contribution is 2.42. The maximum atomic E-state index is 6.53. The van der Waals surface area contributed by atoms with Gasteiger partial charge in [-0.05, 0) is 48.2 Å². The van der Waals surface area contributed by atoms with Gasteiger partial charge in [0.1, 0.15) is 11.4 Å². The van der Waals surface area contributed by atoms with Crippen molar-refractivity contribution in [3.8, 4) is 0 Å². The molecule has 0 bridgehead atoms. The van der Waals surface area contributed by atoms with Crippen LogP contribution >= 0.6 is 12.2 Å². The molecule has 0 saturated heterocycles. The van der Waals surface area contributed by atoms with Crippen molar-refractivity contribution in [3.63, 3.8) is 0 Å². The molecule has 0 radical (unpaired) electrons. The van der Waals surface area contributed by atoms with E-state index in [4.69, 9.17) is 17.0 Å². The number of H-pyrrole nitrogens is 2. The van der Waals surface area contributed by atoms with Crippen LogP contribution in [0.5, 0.6) is 0 Å². The molecular weight excluding hydrogens is 404 g/mol. The molecule has 0 spiro atoms.